The van der Waals surface area contributed by atoms with E-state index in [0.717, 1.165) is 36.8 Å². The van der Waals surface area contributed by atoms with Crippen LogP contribution in [-0.2, 0) is 14.3 Å². The Balaban J connectivity index is 1.28. The number of fused-ring (bicyclic) bond motifs is 2. The van der Waals surface area contributed by atoms with Gasteiger partial charge in [0.1, 0.15) is 0 Å². The summed E-state index contributed by atoms with van der Waals surface area (Å²) in [6, 6.07) is 19.0. The Morgan fingerprint density at radius 3 is 2.24 bits per heavy atom. The molecule has 1 saturated carbocycles. The molecule has 0 N–H and O–H groups in total. The number of Topliss-reactive ketones (excluding diaryl/α,β-unsaturated/α-hetero) is 1. The Kier molecular flexibility index (Phi) is 7.37. The second-order valence-corrected chi connectivity index (χ2v) is 11.5. The predicted octanol–water partition coefficient (Wildman–Crippen LogP) is 6.89. The number of hydrogen-bond acceptors (Lipinski definition) is 6. The number of esters is 1. The van der Waals surface area contributed by atoms with Crippen molar-refractivity contribution in [2.45, 2.75) is 39.5 Å². The van der Waals surface area contributed by atoms with Gasteiger partial charge in [-0.3, -0.25) is 19.3 Å². The van der Waals surface area contributed by atoms with Crippen LogP contribution in [0.2, 0.25) is 5.02 Å². The minimum atomic E-state index is -0.671. The Bertz CT molecular complexity index is 1740. The van der Waals surface area contributed by atoms with E-state index in [1.165, 1.54) is 4.90 Å². The number of aryl methyl sites for hydroxylation is 2. The van der Waals surface area contributed by atoms with E-state index >= 15 is 0 Å². The van der Waals surface area contributed by atoms with Gasteiger partial charge in [0.05, 0.1) is 34.3 Å². The molecule has 7 nitrogen and oxygen atoms in total. The standard InChI is InChI=1S/C34H29ClN2O5/c1-19-7-8-22(15-20(19)2)31(38)18-42-34(41)28-17-30(36-29-14-11-23(35)16-27(28)29)21-9-12-24(13-10-21)37-32(39)25-5-3-4-6-26(25)33(37)40/h7-17,25-26H,3-6,18H2,1-2H3. The van der Waals surface area contributed by atoms with Crippen molar-refractivity contribution in [3.05, 3.63) is 94.0 Å². The second-order valence-electron chi connectivity index (χ2n) is 11.1. The average molecular weight is 581 g/mol. The van der Waals surface area contributed by atoms with Crippen LogP contribution < -0.4 is 4.90 Å². The topological polar surface area (TPSA) is 93.6 Å². The number of halogens is 1. The van der Waals surface area contributed by atoms with E-state index in [1.807, 2.05) is 19.9 Å². The van der Waals surface area contributed by atoms with Gasteiger partial charge in [0.2, 0.25) is 11.8 Å². The SMILES string of the molecule is Cc1ccc(C(=O)COC(=O)c2cc(-c3ccc(N4C(=O)C5CCCCC5C4=O)cc3)nc3ccc(Cl)cc23)cc1C. The van der Waals surface area contributed by atoms with E-state index in [2.05, 4.69) is 0 Å². The highest BCUT2D eigenvalue weighted by molar-refractivity contribution is 6.31. The highest BCUT2D eigenvalue weighted by Crippen LogP contribution is 2.40. The number of carbonyl (C=O) groups excluding carboxylic acids is 4. The molecule has 0 radical (unpaired) electrons. The minimum Gasteiger partial charge on any atom is -0.454 e. The third-order valence-corrected chi connectivity index (χ3v) is 8.65. The quantitative estimate of drug-likeness (QED) is 0.140. The molecule has 2 aliphatic rings. The Morgan fingerprint density at radius 1 is 0.881 bits per heavy atom. The molecule has 1 aromatic heterocycles. The van der Waals surface area contributed by atoms with E-state index < -0.39 is 12.6 Å². The van der Waals surface area contributed by atoms with E-state index in [4.69, 9.17) is 21.3 Å². The van der Waals surface area contributed by atoms with Crippen LogP contribution in [0.5, 0.6) is 0 Å². The summed E-state index contributed by atoms with van der Waals surface area (Å²) in [7, 11) is 0. The normalized spacial score (nSPS) is 18.3. The van der Waals surface area contributed by atoms with E-state index in [0.29, 0.717) is 38.4 Å². The van der Waals surface area contributed by atoms with Crippen molar-refractivity contribution in [2.75, 3.05) is 11.5 Å². The lowest BCUT2D eigenvalue weighted by atomic mass is 9.81. The second kappa shape index (κ2) is 11.1. The molecule has 1 aliphatic carbocycles. The van der Waals surface area contributed by atoms with Gasteiger partial charge in [-0.1, -0.05) is 48.7 Å². The number of carbonyl (C=O) groups is 4. The largest absolute Gasteiger partial charge is 0.454 e. The molecule has 1 saturated heterocycles. The molecule has 0 bridgehead atoms. The lowest BCUT2D eigenvalue weighted by Gasteiger charge is -2.19. The van der Waals surface area contributed by atoms with Gasteiger partial charge in [-0.05, 0) is 80.3 Å². The summed E-state index contributed by atoms with van der Waals surface area (Å²) in [6.45, 7) is 3.48. The maximum absolute atomic E-state index is 13.3. The number of ether oxygens (including phenoxy) is 1. The van der Waals surface area contributed by atoms with Crippen molar-refractivity contribution in [1.82, 2.24) is 4.98 Å². The molecule has 2 heterocycles. The first-order valence-corrected chi connectivity index (χ1v) is 14.4. The van der Waals surface area contributed by atoms with Crippen LogP contribution in [0, 0.1) is 25.7 Å². The van der Waals surface area contributed by atoms with Crippen molar-refractivity contribution < 1.29 is 23.9 Å². The van der Waals surface area contributed by atoms with Crippen molar-refractivity contribution in [2.24, 2.45) is 11.8 Å². The Labute approximate surface area is 248 Å². The van der Waals surface area contributed by atoms with Crippen LogP contribution in [0.4, 0.5) is 5.69 Å². The number of anilines is 1. The van der Waals surface area contributed by atoms with Gasteiger partial charge in [0.15, 0.2) is 12.4 Å². The third kappa shape index (κ3) is 5.09. The van der Waals surface area contributed by atoms with E-state index in [-0.39, 0.29) is 35.0 Å². The summed E-state index contributed by atoms with van der Waals surface area (Å²) in [4.78, 5) is 58.2. The Morgan fingerprint density at radius 2 is 1.57 bits per heavy atom. The van der Waals surface area contributed by atoms with Crippen LogP contribution in [0.3, 0.4) is 0 Å². The van der Waals surface area contributed by atoms with Gasteiger partial charge in [-0.15, -0.1) is 0 Å². The molecule has 4 aromatic rings. The van der Waals surface area contributed by atoms with Crippen LogP contribution in [0.25, 0.3) is 22.2 Å². The zero-order valence-corrected chi connectivity index (χ0v) is 24.1. The number of amides is 2. The highest BCUT2D eigenvalue weighted by Gasteiger charge is 2.48. The van der Waals surface area contributed by atoms with Gasteiger partial charge in [0, 0.05) is 21.5 Å². The van der Waals surface area contributed by atoms with Crippen LogP contribution in [-0.4, -0.2) is 35.2 Å². The molecule has 2 fully saturated rings. The van der Waals surface area contributed by atoms with Crippen molar-refractivity contribution >= 4 is 51.8 Å². The molecule has 3 aromatic carbocycles. The number of benzene rings is 3. The maximum atomic E-state index is 13.3. The van der Waals surface area contributed by atoms with Crippen LogP contribution in [0.15, 0.2) is 66.7 Å². The summed E-state index contributed by atoms with van der Waals surface area (Å²) in [5.41, 5.74) is 4.99. The summed E-state index contributed by atoms with van der Waals surface area (Å²) in [5, 5.41) is 0.935. The van der Waals surface area contributed by atoms with E-state index in [1.54, 1.807) is 60.7 Å². The molecule has 2 amide bonds. The fraction of sp³-hybridized carbons (Fsp3) is 0.265. The third-order valence-electron chi connectivity index (χ3n) is 8.42. The summed E-state index contributed by atoms with van der Waals surface area (Å²) in [6.07, 6.45) is 3.45. The molecule has 1 aliphatic heterocycles. The zero-order valence-electron chi connectivity index (χ0n) is 23.4. The number of ketones is 1. The van der Waals surface area contributed by atoms with Gasteiger partial charge in [-0.25, -0.2) is 9.78 Å². The first kappa shape index (κ1) is 27.8. The van der Waals surface area contributed by atoms with Crippen LogP contribution >= 0.6 is 11.6 Å². The fourth-order valence-electron chi connectivity index (χ4n) is 5.92. The summed E-state index contributed by atoms with van der Waals surface area (Å²) < 4.78 is 5.47. The highest BCUT2D eigenvalue weighted by atomic mass is 35.5. The number of pyridine rings is 1. The lowest BCUT2D eigenvalue weighted by Crippen LogP contribution is -2.30. The Hall–Kier alpha value is -4.36. The van der Waals surface area contributed by atoms with Gasteiger partial charge in [0.25, 0.3) is 0 Å². The molecule has 0 spiro atoms. The monoisotopic (exact) mass is 580 g/mol. The predicted molar refractivity (Wildman–Crippen MR) is 161 cm³/mol. The zero-order chi connectivity index (χ0) is 29.5. The van der Waals surface area contributed by atoms with Gasteiger partial charge in [-0.2, -0.15) is 0 Å². The summed E-state index contributed by atoms with van der Waals surface area (Å²) in [5.74, 6) is -1.68. The molecule has 6 rings (SSSR count). The molecular weight excluding hydrogens is 552 g/mol. The van der Waals surface area contributed by atoms with Gasteiger partial charge < -0.3 is 4.74 Å². The number of imide groups is 1. The number of aromatic nitrogens is 1. The number of hydrogen-bond donors (Lipinski definition) is 0. The average Bonchev–Trinajstić information content (AvgIpc) is 3.26. The van der Waals surface area contributed by atoms with Crippen molar-refractivity contribution in [3.63, 3.8) is 0 Å². The molecule has 2 atom stereocenters. The van der Waals surface area contributed by atoms with Gasteiger partial charge >= 0.3 is 5.97 Å². The smallest absolute Gasteiger partial charge is 0.339 e. The lowest BCUT2D eigenvalue weighted by molar-refractivity contribution is -0.122. The van der Waals surface area contributed by atoms with Crippen molar-refractivity contribution in [1.29, 1.82) is 0 Å². The number of nitrogens with zero attached hydrogens (tertiary/aromatic N) is 2. The minimum absolute atomic E-state index is 0.126. The van der Waals surface area contributed by atoms with Crippen molar-refractivity contribution in [3.8, 4) is 11.3 Å². The molecule has 8 heteroatoms. The summed E-state index contributed by atoms with van der Waals surface area (Å²) >= 11 is 6.24. The fourth-order valence-corrected chi connectivity index (χ4v) is 6.09. The molecule has 212 valence electrons. The number of rotatable bonds is 6. The van der Waals surface area contributed by atoms with Crippen LogP contribution in [0.1, 0.15) is 57.5 Å². The maximum Gasteiger partial charge on any atom is 0.339 e. The molecule has 42 heavy (non-hydrogen) atoms. The molecule has 2 unspecified atom stereocenters. The first-order valence-electron chi connectivity index (χ1n) is 14.1. The first-order chi connectivity index (χ1) is 20.2. The van der Waals surface area contributed by atoms with E-state index in [9.17, 15) is 19.2 Å². The molecular formula is C34H29ClN2O5.